The first-order valence-electron chi connectivity index (χ1n) is 7.60. The summed E-state index contributed by atoms with van der Waals surface area (Å²) in [5, 5.41) is 2.84. The van der Waals surface area contributed by atoms with Crippen molar-refractivity contribution in [3.05, 3.63) is 29.8 Å². The van der Waals surface area contributed by atoms with Gasteiger partial charge < -0.3 is 10.2 Å². The van der Waals surface area contributed by atoms with Gasteiger partial charge in [0.05, 0.1) is 0 Å². The molecule has 2 amide bonds. The van der Waals surface area contributed by atoms with Crippen LogP contribution in [0.2, 0.25) is 0 Å². The molecule has 0 aliphatic carbocycles. The van der Waals surface area contributed by atoms with Gasteiger partial charge in [-0.15, -0.1) is 0 Å². The van der Waals surface area contributed by atoms with E-state index >= 15 is 0 Å². The first-order chi connectivity index (χ1) is 9.95. The minimum absolute atomic E-state index is 0.0695. The van der Waals surface area contributed by atoms with Gasteiger partial charge in [-0.05, 0) is 30.0 Å². The third-order valence-corrected chi connectivity index (χ3v) is 3.41. The smallest absolute Gasteiger partial charge is 0.240 e. The highest BCUT2D eigenvalue weighted by atomic mass is 16.2. The van der Waals surface area contributed by atoms with Crippen molar-refractivity contribution in [1.29, 1.82) is 0 Å². The van der Waals surface area contributed by atoms with Crippen LogP contribution in [0.5, 0.6) is 0 Å². The number of rotatable bonds is 7. The van der Waals surface area contributed by atoms with Crippen LogP contribution < -0.4 is 10.2 Å². The van der Waals surface area contributed by atoms with Crippen LogP contribution >= 0.6 is 0 Å². The molecule has 0 aliphatic heterocycles. The molecular weight excluding hydrogens is 264 g/mol. The summed E-state index contributed by atoms with van der Waals surface area (Å²) in [7, 11) is 0. The van der Waals surface area contributed by atoms with Crippen LogP contribution in [0.1, 0.15) is 52.0 Å². The van der Waals surface area contributed by atoms with E-state index in [9.17, 15) is 9.59 Å². The number of hydrogen-bond acceptors (Lipinski definition) is 2. The fourth-order valence-corrected chi connectivity index (χ4v) is 2.03. The summed E-state index contributed by atoms with van der Waals surface area (Å²) in [4.78, 5) is 25.2. The lowest BCUT2D eigenvalue weighted by Gasteiger charge is -2.21. The van der Waals surface area contributed by atoms with Crippen molar-refractivity contribution in [3.8, 4) is 0 Å². The molecule has 0 fully saturated rings. The number of amides is 2. The van der Waals surface area contributed by atoms with Gasteiger partial charge in [-0.2, -0.15) is 0 Å². The van der Waals surface area contributed by atoms with Crippen molar-refractivity contribution in [1.82, 2.24) is 5.32 Å². The topological polar surface area (TPSA) is 49.4 Å². The van der Waals surface area contributed by atoms with E-state index in [0.29, 0.717) is 12.5 Å². The highest BCUT2D eigenvalue weighted by molar-refractivity contribution is 5.97. The SMILES string of the molecule is CCCCNC(=O)CN(C(C)=O)c1ccc(C(C)C)cc1. The molecule has 0 aliphatic rings. The van der Waals surface area contributed by atoms with E-state index in [2.05, 4.69) is 26.1 Å². The molecule has 4 nitrogen and oxygen atoms in total. The second kappa shape index (κ2) is 8.45. The molecule has 0 heterocycles. The number of anilines is 1. The van der Waals surface area contributed by atoms with Gasteiger partial charge in [0.1, 0.15) is 6.54 Å². The Morgan fingerprint density at radius 2 is 1.81 bits per heavy atom. The van der Waals surface area contributed by atoms with E-state index < -0.39 is 0 Å². The zero-order valence-electron chi connectivity index (χ0n) is 13.5. The van der Waals surface area contributed by atoms with Crippen LogP contribution in [0.3, 0.4) is 0 Å². The van der Waals surface area contributed by atoms with E-state index in [0.717, 1.165) is 18.5 Å². The van der Waals surface area contributed by atoms with Gasteiger partial charge in [-0.1, -0.05) is 39.3 Å². The second-order valence-electron chi connectivity index (χ2n) is 5.55. The van der Waals surface area contributed by atoms with Crippen molar-refractivity contribution in [2.75, 3.05) is 18.0 Å². The largest absolute Gasteiger partial charge is 0.355 e. The van der Waals surface area contributed by atoms with Crippen LogP contribution in [0.15, 0.2) is 24.3 Å². The third kappa shape index (κ3) is 5.58. The number of carbonyl (C=O) groups excluding carboxylic acids is 2. The standard InChI is InChI=1S/C17H26N2O2/c1-5-6-11-18-17(21)12-19(14(4)20)16-9-7-15(8-10-16)13(2)3/h7-10,13H,5-6,11-12H2,1-4H3,(H,18,21). The highest BCUT2D eigenvalue weighted by Crippen LogP contribution is 2.20. The monoisotopic (exact) mass is 290 g/mol. The summed E-state index contributed by atoms with van der Waals surface area (Å²) in [5.74, 6) is 0.201. The molecule has 0 atom stereocenters. The molecule has 0 unspecified atom stereocenters. The van der Waals surface area contributed by atoms with E-state index in [1.54, 1.807) is 0 Å². The van der Waals surface area contributed by atoms with E-state index in [-0.39, 0.29) is 18.4 Å². The molecule has 0 bridgehead atoms. The normalized spacial score (nSPS) is 10.5. The Bertz CT molecular complexity index is 466. The molecule has 1 aromatic carbocycles. The molecule has 0 saturated carbocycles. The predicted octanol–water partition coefficient (Wildman–Crippen LogP) is 3.08. The van der Waals surface area contributed by atoms with Crippen LogP contribution in [0.4, 0.5) is 5.69 Å². The van der Waals surface area contributed by atoms with Crippen LogP contribution in [0.25, 0.3) is 0 Å². The van der Waals surface area contributed by atoms with Gasteiger partial charge in [-0.25, -0.2) is 0 Å². The molecule has 4 heteroatoms. The van der Waals surface area contributed by atoms with Crippen LogP contribution in [0, 0.1) is 0 Å². The molecule has 1 aromatic rings. The fourth-order valence-electron chi connectivity index (χ4n) is 2.03. The summed E-state index contributed by atoms with van der Waals surface area (Å²) < 4.78 is 0. The Kier molecular flexibility index (Phi) is 6.92. The maximum Gasteiger partial charge on any atom is 0.240 e. The minimum Gasteiger partial charge on any atom is -0.355 e. The summed E-state index contributed by atoms with van der Waals surface area (Å²) in [6.45, 7) is 8.53. The molecule has 0 radical (unpaired) electrons. The lowest BCUT2D eigenvalue weighted by molar-refractivity contribution is -0.123. The number of carbonyl (C=O) groups is 2. The van der Waals surface area contributed by atoms with Crippen molar-refractivity contribution < 1.29 is 9.59 Å². The van der Waals surface area contributed by atoms with Gasteiger partial charge in [0.15, 0.2) is 0 Å². The Balaban J connectivity index is 2.73. The number of nitrogens with one attached hydrogen (secondary N) is 1. The van der Waals surface area contributed by atoms with E-state index in [1.807, 2.05) is 24.3 Å². The third-order valence-electron chi connectivity index (χ3n) is 3.41. The maximum absolute atomic E-state index is 11.9. The summed E-state index contributed by atoms with van der Waals surface area (Å²) in [5.41, 5.74) is 1.98. The van der Waals surface area contributed by atoms with Gasteiger partial charge in [0, 0.05) is 19.2 Å². The first kappa shape index (κ1) is 17.2. The molecule has 1 N–H and O–H groups in total. The lowest BCUT2D eigenvalue weighted by Crippen LogP contribution is -2.40. The molecular formula is C17H26N2O2. The van der Waals surface area contributed by atoms with E-state index in [1.165, 1.54) is 17.4 Å². The average molecular weight is 290 g/mol. The number of benzene rings is 1. The molecule has 116 valence electrons. The quantitative estimate of drug-likeness (QED) is 0.785. The minimum atomic E-state index is -0.127. The molecule has 1 rings (SSSR count). The second-order valence-corrected chi connectivity index (χ2v) is 5.55. The predicted molar refractivity (Wildman–Crippen MR) is 86.5 cm³/mol. The van der Waals surface area contributed by atoms with E-state index in [4.69, 9.17) is 0 Å². The average Bonchev–Trinajstić information content (AvgIpc) is 2.45. The van der Waals surface area contributed by atoms with Crippen molar-refractivity contribution >= 4 is 17.5 Å². The summed E-state index contributed by atoms with van der Waals surface area (Å²) in [6.07, 6.45) is 1.99. The number of nitrogens with zero attached hydrogens (tertiary/aromatic N) is 1. The van der Waals surface area contributed by atoms with Gasteiger partial charge in [-0.3, -0.25) is 9.59 Å². The molecule has 0 spiro atoms. The van der Waals surface area contributed by atoms with Gasteiger partial charge >= 0.3 is 0 Å². The zero-order chi connectivity index (χ0) is 15.8. The van der Waals surface area contributed by atoms with Crippen molar-refractivity contribution in [3.63, 3.8) is 0 Å². The summed E-state index contributed by atoms with van der Waals surface area (Å²) in [6, 6.07) is 7.81. The van der Waals surface area contributed by atoms with Crippen LogP contribution in [-0.4, -0.2) is 24.9 Å². The Morgan fingerprint density at radius 1 is 1.19 bits per heavy atom. The fraction of sp³-hybridized carbons (Fsp3) is 0.529. The maximum atomic E-state index is 11.9. The first-order valence-corrected chi connectivity index (χ1v) is 7.60. The molecule has 21 heavy (non-hydrogen) atoms. The Labute approximate surface area is 127 Å². The van der Waals surface area contributed by atoms with Crippen molar-refractivity contribution in [2.24, 2.45) is 0 Å². The zero-order valence-corrected chi connectivity index (χ0v) is 13.5. The van der Waals surface area contributed by atoms with Crippen molar-refractivity contribution in [2.45, 2.75) is 46.5 Å². The van der Waals surface area contributed by atoms with Gasteiger partial charge in [0.25, 0.3) is 0 Å². The van der Waals surface area contributed by atoms with Crippen LogP contribution in [-0.2, 0) is 9.59 Å². The Hall–Kier alpha value is -1.84. The van der Waals surface area contributed by atoms with Gasteiger partial charge in [0.2, 0.25) is 11.8 Å². The lowest BCUT2D eigenvalue weighted by atomic mass is 10.0. The highest BCUT2D eigenvalue weighted by Gasteiger charge is 2.15. The molecule has 0 aromatic heterocycles. The Morgan fingerprint density at radius 3 is 2.29 bits per heavy atom. The number of unbranched alkanes of at least 4 members (excludes halogenated alkanes) is 1. The number of hydrogen-bond donors (Lipinski definition) is 1. The molecule has 0 saturated heterocycles. The summed E-state index contributed by atoms with van der Waals surface area (Å²) >= 11 is 0.